The van der Waals surface area contributed by atoms with Gasteiger partial charge in [-0.2, -0.15) is 8.42 Å². The Balaban J connectivity index is 1.92. The lowest BCUT2D eigenvalue weighted by atomic mass is 9.88. The van der Waals surface area contributed by atoms with E-state index >= 15 is 0 Å². The average Bonchev–Trinajstić information content (AvgIpc) is 2.39. The summed E-state index contributed by atoms with van der Waals surface area (Å²) < 4.78 is 29.1. The quantitative estimate of drug-likeness (QED) is 0.861. The summed E-state index contributed by atoms with van der Waals surface area (Å²) in [5.41, 5.74) is 1.01. The Labute approximate surface area is 114 Å². The van der Waals surface area contributed by atoms with Crippen LogP contribution in [0.1, 0.15) is 31.2 Å². The second-order valence-corrected chi connectivity index (χ2v) is 6.84. The minimum absolute atomic E-state index is 0.203. The second-order valence-electron chi connectivity index (χ2n) is 5.23. The van der Waals surface area contributed by atoms with Gasteiger partial charge < -0.3 is 5.11 Å². The van der Waals surface area contributed by atoms with Crippen LogP contribution >= 0.6 is 0 Å². The molecule has 106 valence electrons. The van der Waals surface area contributed by atoms with Crippen molar-refractivity contribution in [3.05, 3.63) is 29.8 Å². The van der Waals surface area contributed by atoms with Gasteiger partial charge in [-0.15, -0.1) is 0 Å². The van der Waals surface area contributed by atoms with Crippen LogP contribution in [0, 0.1) is 12.8 Å². The lowest BCUT2D eigenvalue weighted by molar-refractivity contribution is 0.0929. The molecule has 0 aliphatic heterocycles. The molecule has 0 atom stereocenters. The first kappa shape index (κ1) is 14.5. The lowest BCUT2D eigenvalue weighted by Gasteiger charge is -2.24. The molecule has 0 amide bonds. The number of aryl methyl sites for hydroxylation is 1. The first-order valence-corrected chi connectivity index (χ1v) is 8.02. The Bertz CT molecular complexity index is 499. The van der Waals surface area contributed by atoms with Crippen molar-refractivity contribution >= 4 is 10.1 Å². The molecule has 0 heterocycles. The van der Waals surface area contributed by atoms with Crippen LogP contribution < -0.4 is 0 Å². The van der Waals surface area contributed by atoms with Gasteiger partial charge in [0.25, 0.3) is 10.1 Å². The summed E-state index contributed by atoms with van der Waals surface area (Å²) in [5.74, 6) is 0.226. The van der Waals surface area contributed by atoms with E-state index in [0.29, 0.717) is 0 Å². The van der Waals surface area contributed by atoms with E-state index in [0.717, 1.165) is 31.2 Å². The van der Waals surface area contributed by atoms with Gasteiger partial charge in [0.15, 0.2) is 0 Å². The molecule has 1 saturated carbocycles. The molecule has 5 heteroatoms. The zero-order chi connectivity index (χ0) is 13.9. The van der Waals surface area contributed by atoms with Crippen molar-refractivity contribution in [3.8, 4) is 0 Å². The summed E-state index contributed by atoms with van der Waals surface area (Å²) in [7, 11) is -3.65. The summed E-state index contributed by atoms with van der Waals surface area (Å²) >= 11 is 0. The van der Waals surface area contributed by atoms with Crippen LogP contribution in [0.2, 0.25) is 0 Å². The van der Waals surface area contributed by atoms with Gasteiger partial charge in [0.1, 0.15) is 0 Å². The van der Waals surface area contributed by atoms with Gasteiger partial charge in [-0.3, -0.25) is 4.18 Å². The Kier molecular flexibility index (Phi) is 4.60. The average molecular weight is 284 g/mol. The van der Waals surface area contributed by atoms with Gasteiger partial charge in [0.2, 0.25) is 0 Å². The van der Waals surface area contributed by atoms with Crippen molar-refractivity contribution < 1.29 is 17.7 Å². The highest BCUT2D eigenvalue weighted by atomic mass is 32.2. The van der Waals surface area contributed by atoms with Crippen molar-refractivity contribution in [1.82, 2.24) is 0 Å². The van der Waals surface area contributed by atoms with Gasteiger partial charge in [0.05, 0.1) is 17.6 Å². The fourth-order valence-corrected chi connectivity index (χ4v) is 3.25. The molecule has 1 aromatic carbocycles. The minimum Gasteiger partial charge on any atom is -0.393 e. The fourth-order valence-electron chi connectivity index (χ4n) is 2.27. The van der Waals surface area contributed by atoms with E-state index in [2.05, 4.69) is 0 Å². The number of hydrogen-bond acceptors (Lipinski definition) is 4. The lowest BCUT2D eigenvalue weighted by Crippen LogP contribution is -2.23. The molecule has 0 aromatic heterocycles. The smallest absolute Gasteiger partial charge is 0.296 e. The van der Waals surface area contributed by atoms with Gasteiger partial charge in [-0.1, -0.05) is 17.7 Å². The summed E-state index contributed by atoms with van der Waals surface area (Å²) in [5, 5.41) is 9.40. The molecule has 4 nitrogen and oxygen atoms in total. The van der Waals surface area contributed by atoms with E-state index in [9.17, 15) is 13.5 Å². The van der Waals surface area contributed by atoms with Crippen LogP contribution in [0.4, 0.5) is 0 Å². The number of aliphatic hydroxyl groups is 1. The van der Waals surface area contributed by atoms with Gasteiger partial charge in [-0.25, -0.2) is 0 Å². The minimum atomic E-state index is -3.65. The zero-order valence-electron chi connectivity index (χ0n) is 11.1. The van der Waals surface area contributed by atoms with Crippen LogP contribution in [0.15, 0.2) is 29.2 Å². The summed E-state index contributed by atoms with van der Waals surface area (Å²) in [4.78, 5) is 0.203. The van der Waals surface area contributed by atoms with E-state index in [1.54, 1.807) is 24.3 Å². The largest absolute Gasteiger partial charge is 0.393 e. The number of rotatable bonds is 4. The molecule has 1 N–H and O–H groups in total. The second kappa shape index (κ2) is 6.03. The highest BCUT2D eigenvalue weighted by molar-refractivity contribution is 7.86. The van der Waals surface area contributed by atoms with Crippen LogP contribution in [-0.2, 0) is 14.3 Å². The molecule has 0 saturated heterocycles. The molecule has 0 spiro atoms. The maximum Gasteiger partial charge on any atom is 0.296 e. The normalized spacial score (nSPS) is 24.3. The molecule has 0 bridgehead atoms. The van der Waals surface area contributed by atoms with E-state index in [1.807, 2.05) is 6.92 Å². The van der Waals surface area contributed by atoms with Crippen LogP contribution in [0.5, 0.6) is 0 Å². The first-order chi connectivity index (χ1) is 8.97. The summed E-state index contributed by atoms with van der Waals surface area (Å²) in [6.45, 7) is 2.12. The molecule has 1 fully saturated rings. The maximum atomic E-state index is 12.0. The van der Waals surface area contributed by atoms with Crippen LogP contribution in [0.25, 0.3) is 0 Å². The number of hydrogen-bond donors (Lipinski definition) is 1. The molecule has 1 aliphatic carbocycles. The molecule has 0 unspecified atom stereocenters. The van der Waals surface area contributed by atoms with Crippen LogP contribution in [0.3, 0.4) is 0 Å². The zero-order valence-corrected chi connectivity index (χ0v) is 11.9. The highest BCUT2D eigenvalue weighted by Gasteiger charge is 2.22. The monoisotopic (exact) mass is 284 g/mol. The van der Waals surface area contributed by atoms with Crippen molar-refractivity contribution in [3.63, 3.8) is 0 Å². The molecular formula is C14H20O4S. The SMILES string of the molecule is Cc1ccc(S(=O)(=O)OCC2CCC(O)CC2)cc1. The standard InChI is InChI=1S/C14H20O4S/c1-11-2-8-14(9-3-11)19(16,17)18-10-12-4-6-13(15)7-5-12/h2-3,8-9,12-13,15H,4-7,10H2,1H3. The van der Waals surface area contributed by atoms with E-state index in [4.69, 9.17) is 4.18 Å². The van der Waals surface area contributed by atoms with Gasteiger partial charge >= 0.3 is 0 Å². The van der Waals surface area contributed by atoms with Gasteiger partial charge in [-0.05, 0) is 50.7 Å². The molecule has 19 heavy (non-hydrogen) atoms. The first-order valence-electron chi connectivity index (χ1n) is 6.61. The third kappa shape index (κ3) is 4.03. The summed E-state index contributed by atoms with van der Waals surface area (Å²) in [6.07, 6.45) is 2.89. The summed E-state index contributed by atoms with van der Waals surface area (Å²) in [6, 6.07) is 6.64. The van der Waals surface area contributed by atoms with Crippen molar-refractivity contribution in [1.29, 1.82) is 0 Å². The Morgan fingerprint density at radius 2 is 1.74 bits per heavy atom. The number of benzene rings is 1. The Morgan fingerprint density at radius 3 is 2.32 bits per heavy atom. The third-order valence-corrected chi connectivity index (χ3v) is 4.88. The third-order valence-electron chi connectivity index (χ3n) is 3.58. The highest BCUT2D eigenvalue weighted by Crippen LogP contribution is 2.25. The van der Waals surface area contributed by atoms with E-state index < -0.39 is 10.1 Å². The van der Waals surface area contributed by atoms with E-state index in [1.165, 1.54) is 0 Å². The van der Waals surface area contributed by atoms with Crippen molar-refractivity contribution in [2.45, 2.75) is 43.6 Å². The Morgan fingerprint density at radius 1 is 1.16 bits per heavy atom. The molecule has 2 rings (SSSR count). The maximum absolute atomic E-state index is 12.0. The van der Waals surface area contributed by atoms with Crippen molar-refractivity contribution in [2.75, 3.05) is 6.61 Å². The van der Waals surface area contributed by atoms with Gasteiger partial charge in [0, 0.05) is 0 Å². The van der Waals surface area contributed by atoms with E-state index in [-0.39, 0.29) is 23.5 Å². The fraction of sp³-hybridized carbons (Fsp3) is 0.571. The topological polar surface area (TPSA) is 63.6 Å². The molecule has 0 radical (unpaired) electrons. The number of aliphatic hydroxyl groups excluding tert-OH is 1. The Hall–Kier alpha value is -0.910. The predicted molar refractivity (Wildman–Crippen MR) is 72.3 cm³/mol. The predicted octanol–water partition coefficient (Wildman–Crippen LogP) is 2.25. The molecule has 1 aromatic rings. The molecule has 1 aliphatic rings. The molecular weight excluding hydrogens is 264 g/mol. The van der Waals surface area contributed by atoms with Crippen LogP contribution in [-0.4, -0.2) is 26.2 Å². The van der Waals surface area contributed by atoms with Crippen molar-refractivity contribution in [2.24, 2.45) is 5.92 Å².